The number of aliphatic imine (C=N–C) groups is 1. The first-order chi connectivity index (χ1) is 10.8. The fourth-order valence-corrected chi connectivity index (χ4v) is 2.29. The number of rotatable bonds is 4. The molecule has 126 valence electrons. The van der Waals surface area contributed by atoms with Gasteiger partial charge in [-0.05, 0) is 29.8 Å². The van der Waals surface area contributed by atoms with E-state index in [1.54, 1.807) is 31.2 Å². The van der Waals surface area contributed by atoms with Crippen LogP contribution in [0.2, 0.25) is 0 Å². The molecule has 1 heterocycles. The van der Waals surface area contributed by atoms with Gasteiger partial charge in [0.1, 0.15) is 12.1 Å². The van der Waals surface area contributed by atoms with Crippen LogP contribution in [0.3, 0.4) is 0 Å². The van der Waals surface area contributed by atoms with E-state index >= 15 is 0 Å². The maximum Gasteiger partial charge on any atom is 0.397 e. The van der Waals surface area contributed by atoms with Gasteiger partial charge in [-0.2, -0.15) is 13.2 Å². The predicted octanol–water partition coefficient (Wildman–Crippen LogP) is 3.15. The van der Waals surface area contributed by atoms with E-state index in [4.69, 9.17) is 11.6 Å². The molecule has 0 aromatic heterocycles. The molecule has 0 saturated heterocycles. The maximum absolute atomic E-state index is 13.1. The highest BCUT2D eigenvalue weighted by Crippen LogP contribution is 2.32. The molecule has 0 bridgehead atoms. The second kappa shape index (κ2) is 7.08. The molecule has 1 amide bonds. The molecule has 0 fully saturated rings. The Morgan fingerprint density at radius 2 is 2.13 bits per heavy atom. The normalized spacial score (nSPS) is 21.2. The van der Waals surface area contributed by atoms with E-state index in [0.717, 1.165) is 0 Å². The van der Waals surface area contributed by atoms with E-state index in [9.17, 15) is 18.0 Å². The predicted molar refractivity (Wildman–Crippen MR) is 83.6 cm³/mol. The standard InChI is InChI=1S/C14H16ClF3N4O/c1-2-11(23)20-8-4-3-5-9(6-8)21-12-10(14(16,17)18)7-19-13(15)22-12/h3-6,10,12,21H,2,7H2,1H3,(H,19,22)(H,20,23). The zero-order valence-corrected chi connectivity index (χ0v) is 13.0. The third-order valence-electron chi connectivity index (χ3n) is 3.31. The number of amides is 1. The molecular formula is C14H16ClF3N4O. The third-order valence-corrected chi connectivity index (χ3v) is 3.54. The second-order valence-electron chi connectivity index (χ2n) is 5.03. The Labute approximate surface area is 136 Å². The number of carbonyl (C=O) groups excluding carboxylic acids is 1. The summed E-state index contributed by atoms with van der Waals surface area (Å²) >= 11 is 5.69. The molecule has 3 N–H and O–H groups in total. The molecule has 1 aliphatic rings. The summed E-state index contributed by atoms with van der Waals surface area (Å²) in [5, 5.41) is 7.82. The van der Waals surface area contributed by atoms with Crippen molar-refractivity contribution in [1.29, 1.82) is 0 Å². The monoisotopic (exact) mass is 348 g/mol. The van der Waals surface area contributed by atoms with Crippen molar-refractivity contribution < 1.29 is 18.0 Å². The highest BCUT2D eigenvalue weighted by molar-refractivity contribution is 6.64. The SMILES string of the molecule is CCC(=O)Nc1cccc(NC2NC(Cl)=NCC2C(F)(F)F)c1. The van der Waals surface area contributed by atoms with Gasteiger partial charge in [0.15, 0.2) is 5.29 Å². The first-order valence-corrected chi connectivity index (χ1v) is 7.37. The quantitative estimate of drug-likeness (QED) is 0.732. The van der Waals surface area contributed by atoms with Gasteiger partial charge < -0.3 is 16.0 Å². The molecule has 0 aliphatic carbocycles. The first-order valence-electron chi connectivity index (χ1n) is 6.99. The van der Waals surface area contributed by atoms with Crippen molar-refractivity contribution in [2.45, 2.75) is 25.7 Å². The molecule has 1 aromatic rings. The average molecular weight is 349 g/mol. The average Bonchev–Trinajstić information content (AvgIpc) is 2.46. The lowest BCUT2D eigenvalue weighted by Crippen LogP contribution is -2.53. The van der Waals surface area contributed by atoms with Gasteiger partial charge >= 0.3 is 6.18 Å². The summed E-state index contributed by atoms with van der Waals surface area (Å²) in [5.74, 6) is -1.89. The molecule has 2 rings (SSSR count). The van der Waals surface area contributed by atoms with E-state index < -0.39 is 24.8 Å². The Morgan fingerprint density at radius 1 is 1.43 bits per heavy atom. The largest absolute Gasteiger partial charge is 0.397 e. The van der Waals surface area contributed by atoms with Gasteiger partial charge in [0.05, 0.1) is 6.54 Å². The van der Waals surface area contributed by atoms with E-state index in [0.29, 0.717) is 17.8 Å². The van der Waals surface area contributed by atoms with Crippen LogP contribution in [0, 0.1) is 5.92 Å². The van der Waals surface area contributed by atoms with Crippen LogP contribution in [0.15, 0.2) is 29.3 Å². The van der Waals surface area contributed by atoms with Crippen molar-refractivity contribution in [3.63, 3.8) is 0 Å². The minimum absolute atomic E-state index is 0.0709. The van der Waals surface area contributed by atoms with Crippen LogP contribution in [0.4, 0.5) is 24.5 Å². The number of alkyl halides is 3. The van der Waals surface area contributed by atoms with E-state index in [2.05, 4.69) is 20.9 Å². The van der Waals surface area contributed by atoms with E-state index in [-0.39, 0.29) is 11.2 Å². The number of nitrogens with one attached hydrogen (secondary N) is 3. The van der Waals surface area contributed by atoms with Crippen LogP contribution in [0.25, 0.3) is 0 Å². The number of carbonyl (C=O) groups is 1. The fourth-order valence-electron chi connectivity index (χ4n) is 2.10. The molecule has 2 unspecified atom stereocenters. The van der Waals surface area contributed by atoms with Gasteiger partial charge in [-0.25, -0.2) is 0 Å². The van der Waals surface area contributed by atoms with E-state index in [1.807, 2.05) is 0 Å². The zero-order valence-electron chi connectivity index (χ0n) is 12.2. The maximum atomic E-state index is 13.1. The number of hydrogen-bond acceptors (Lipinski definition) is 4. The van der Waals surface area contributed by atoms with Crippen molar-refractivity contribution in [1.82, 2.24) is 5.32 Å². The summed E-state index contributed by atoms with van der Waals surface area (Å²) in [6.07, 6.45) is -5.25. The van der Waals surface area contributed by atoms with Crippen molar-refractivity contribution in [2.75, 3.05) is 17.2 Å². The number of halogens is 4. The van der Waals surface area contributed by atoms with Crippen molar-refractivity contribution in [3.05, 3.63) is 24.3 Å². The lowest BCUT2D eigenvalue weighted by atomic mass is 10.0. The topological polar surface area (TPSA) is 65.5 Å². The van der Waals surface area contributed by atoms with Gasteiger partial charge in [0.2, 0.25) is 5.91 Å². The van der Waals surface area contributed by atoms with Crippen LogP contribution in [-0.2, 0) is 4.79 Å². The number of hydrogen-bond donors (Lipinski definition) is 3. The number of anilines is 2. The van der Waals surface area contributed by atoms with Crippen molar-refractivity contribution in [3.8, 4) is 0 Å². The number of nitrogens with zero attached hydrogens (tertiary/aromatic N) is 1. The molecule has 9 heteroatoms. The number of amidine groups is 1. The lowest BCUT2D eigenvalue weighted by Gasteiger charge is -2.33. The van der Waals surface area contributed by atoms with Gasteiger partial charge in [-0.1, -0.05) is 13.0 Å². The van der Waals surface area contributed by atoms with Crippen LogP contribution in [0.1, 0.15) is 13.3 Å². The number of benzene rings is 1. The van der Waals surface area contributed by atoms with Crippen LogP contribution < -0.4 is 16.0 Å². The minimum atomic E-state index is -4.42. The van der Waals surface area contributed by atoms with Gasteiger partial charge in [-0.15, -0.1) is 0 Å². The Balaban J connectivity index is 2.14. The first kappa shape index (κ1) is 17.4. The summed E-state index contributed by atoms with van der Waals surface area (Å²) in [6, 6.07) is 6.45. The van der Waals surface area contributed by atoms with Crippen molar-refractivity contribution in [2.24, 2.45) is 10.9 Å². The van der Waals surface area contributed by atoms with Crippen LogP contribution >= 0.6 is 11.6 Å². The molecule has 2 atom stereocenters. The molecule has 0 saturated carbocycles. The van der Waals surface area contributed by atoms with Crippen LogP contribution in [-0.4, -0.2) is 30.1 Å². The summed E-state index contributed by atoms with van der Waals surface area (Å²) in [7, 11) is 0. The van der Waals surface area contributed by atoms with Crippen LogP contribution in [0.5, 0.6) is 0 Å². The van der Waals surface area contributed by atoms with Gasteiger partial charge in [0.25, 0.3) is 0 Å². The third kappa shape index (κ3) is 4.75. The lowest BCUT2D eigenvalue weighted by molar-refractivity contribution is -0.177. The van der Waals surface area contributed by atoms with Crippen molar-refractivity contribution >= 4 is 34.2 Å². The molecule has 1 aromatic carbocycles. The summed E-state index contributed by atoms with van der Waals surface area (Å²) < 4.78 is 39.2. The fraction of sp³-hybridized carbons (Fsp3) is 0.429. The van der Waals surface area contributed by atoms with Gasteiger partial charge in [0, 0.05) is 17.8 Å². The Morgan fingerprint density at radius 3 is 2.78 bits per heavy atom. The summed E-state index contributed by atoms with van der Waals surface area (Å²) in [4.78, 5) is 15.0. The molecule has 23 heavy (non-hydrogen) atoms. The van der Waals surface area contributed by atoms with E-state index in [1.165, 1.54) is 0 Å². The molecule has 0 spiro atoms. The minimum Gasteiger partial charge on any atom is -0.365 e. The zero-order chi connectivity index (χ0) is 17.0. The summed E-state index contributed by atoms with van der Waals surface area (Å²) in [6.45, 7) is 1.26. The molecule has 0 radical (unpaired) electrons. The highest BCUT2D eigenvalue weighted by Gasteiger charge is 2.46. The summed E-state index contributed by atoms with van der Waals surface area (Å²) in [5.41, 5.74) is 0.929. The molecule has 1 aliphatic heterocycles. The smallest absolute Gasteiger partial charge is 0.365 e. The molecular weight excluding hydrogens is 333 g/mol. The highest BCUT2D eigenvalue weighted by atomic mass is 35.5. The Hall–Kier alpha value is -1.96. The Kier molecular flexibility index (Phi) is 5.35. The second-order valence-corrected chi connectivity index (χ2v) is 5.39. The Bertz CT molecular complexity index is 606. The molecule has 5 nitrogen and oxygen atoms in total. The van der Waals surface area contributed by atoms with Gasteiger partial charge in [-0.3, -0.25) is 9.79 Å².